The molecular weight excluding hydrogens is 366 g/mol. The molecule has 0 atom stereocenters. The number of aromatic nitrogens is 2. The SMILES string of the molecule is C#CCOc1ccc(CCNC(=O)Cn2nc(-c3ccccc3)ccc2=O)cc1. The van der Waals surface area contributed by atoms with Crippen LogP contribution in [-0.4, -0.2) is 28.8 Å². The molecule has 0 aliphatic rings. The largest absolute Gasteiger partial charge is 0.481 e. The Morgan fingerprint density at radius 2 is 1.83 bits per heavy atom. The molecule has 1 N–H and O–H groups in total. The normalized spacial score (nSPS) is 10.2. The molecule has 3 aromatic rings. The van der Waals surface area contributed by atoms with E-state index in [1.165, 1.54) is 10.7 Å². The number of nitrogens with one attached hydrogen (secondary N) is 1. The van der Waals surface area contributed by atoms with E-state index in [1.807, 2.05) is 54.6 Å². The lowest BCUT2D eigenvalue weighted by molar-refractivity contribution is -0.121. The number of nitrogens with zero attached hydrogens (tertiary/aromatic N) is 2. The molecule has 0 spiro atoms. The summed E-state index contributed by atoms with van der Waals surface area (Å²) >= 11 is 0. The van der Waals surface area contributed by atoms with E-state index in [0.29, 0.717) is 24.4 Å². The molecule has 0 bridgehead atoms. The summed E-state index contributed by atoms with van der Waals surface area (Å²) in [6.07, 6.45) is 5.82. The van der Waals surface area contributed by atoms with Crippen molar-refractivity contribution in [3.05, 3.63) is 82.6 Å². The number of ether oxygens (including phenoxy) is 1. The molecule has 146 valence electrons. The highest BCUT2D eigenvalue weighted by Crippen LogP contribution is 2.14. The van der Waals surface area contributed by atoms with E-state index in [0.717, 1.165) is 11.1 Å². The van der Waals surface area contributed by atoms with E-state index in [2.05, 4.69) is 16.3 Å². The Balaban J connectivity index is 1.53. The molecule has 29 heavy (non-hydrogen) atoms. The van der Waals surface area contributed by atoms with Gasteiger partial charge in [0, 0.05) is 18.2 Å². The van der Waals surface area contributed by atoms with Crippen molar-refractivity contribution in [1.29, 1.82) is 0 Å². The van der Waals surface area contributed by atoms with Crippen molar-refractivity contribution >= 4 is 5.91 Å². The molecule has 1 amide bonds. The molecule has 0 aliphatic carbocycles. The summed E-state index contributed by atoms with van der Waals surface area (Å²) in [5.74, 6) is 2.86. The van der Waals surface area contributed by atoms with Crippen LogP contribution in [0.2, 0.25) is 0 Å². The van der Waals surface area contributed by atoms with Gasteiger partial charge in [-0.05, 0) is 30.2 Å². The quantitative estimate of drug-likeness (QED) is 0.602. The first-order valence-corrected chi connectivity index (χ1v) is 9.21. The standard InChI is InChI=1S/C23H21N3O3/c1-2-16-29-20-10-8-18(9-11-20)14-15-24-22(27)17-26-23(28)13-12-21(25-26)19-6-4-3-5-7-19/h1,3-13H,14-17H2,(H,24,27). The van der Waals surface area contributed by atoms with Gasteiger partial charge < -0.3 is 10.1 Å². The molecule has 3 rings (SSSR count). The fourth-order valence-corrected chi connectivity index (χ4v) is 2.74. The molecule has 6 heteroatoms. The van der Waals surface area contributed by atoms with Gasteiger partial charge in [0.2, 0.25) is 5.91 Å². The number of carbonyl (C=O) groups is 1. The molecule has 1 heterocycles. The Hall–Kier alpha value is -3.85. The van der Waals surface area contributed by atoms with Gasteiger partial charge in [-0.15, -0.1) is 6.42 Å². The lowest BCUT2D eigenvalue weighted by atomic mass is 10.1. The van der Waals surface area contributed by atoms with Crippen molar-refractivity contribution in [3.63, 3.8) is 0 Å². The van der Waals surface area contributed by atoms with Crippen LogP contribution in [0.3, 0.4) is 0 Å². The van der Waals surface area contributed by atoms with Crippen molar-refractivity contribution in [2.24, 2.45) is 0 Å². The van der Waals surface area contributed by atoms with E-state index in [1.54, 1.807) is 6.07 Å². The van der Waals surface area contributed by atoms with Crippen LogP contribution in [0.1, 0.15) is 5.56 Å². The van der Waals surface area contributed by atoms with Gasteiger partial charge in [-0.1, -0.05) is 48.4 Å². The van der Waals surface area contributed by atoms with Crippen LogP contribution in [-0.2, 0) is 17.8 Å². The smallest absolute Gasteiger partial charge is 0.267 e. The highest BCUT2D eigenvalue weighted by Gasteiger charge is 2.08. The van der Waals surface area contributed by atoms with Gasteiger partial charge >= 0.3 is 0 Å². The zero-order valence-corrected chi connectivity index (χ0v) is 15.9. The summed E-state index contributed by atoms with van der Waals surface area (Å²) < 4.78 is 6.50. The van der Waals surface area contributed by atoms with Gasteiger partial charge in [0.05, 0.1) is 5.69 Å². The highest BCUT2D eigenvalue weighted by molar-refractivity contribution is 5.75. The van der Waals surface area contributed by atoms with E-state index < -0.39 is 0 Å². The predicted molar refractivity (Wildman–Crippen MR) is 111 cm³/mol. The maximum atomic E-state index is 12.2. The van der Waals surface area contributed by atoms with Gasteiger partial charge in [0.15, 0.2) is 0 Å². The van der Waals surface area contributed by atoms with Crippen LogP contribution in [0.5, 0.6) is 5.75 Å². The minimum absolute atomic E-state index is 0.127. The molecule has 2 aromatic carbocycles. The fraction of sp³-hybridized carbons (Fsp3) is 0.174. The van der Waals surface area contributed by atoms with Gasteiger partial charge in [-0.3, -0.25) is 9.59 Å². The lowest BCUT2D eigenvalue weighted by Gasteiger charge is -2.09. The minimum Gasteiger partial charge on any atom is -0.481 e. The van der Waals surface area contributed by atoms with E-state index >= 15 is 0 Å². The lowest BCUT2D eigenvalue weighted by Crippen LogP contribution is -2.34. The predicted octanol–water partition coefficient (Wildman–Crippen LogP) is 2.28. The first-order valence-electron chi connectivity index (χ1n) is 9.21. The van der Waals surface area contributed by atoms with Crippen molar-refractivity contribution < 1.29 is 9.53 Å². The number of hydrogen-bond donors (Lipinski definition) is 1. The van der Waals surface area contributed by atoms with Crippen molar-refractivity contribution in [2.45, 2.75) is 13.0 Å². The number of terminal acetylenes is 1. The van der Waals surface area contributed by atoms with Crippen molar-refractivity contribution in [2.75, 3.05) is 13.2 Å². The second kappa shape index (κ2) is 9.90. The van der Waals surface area contributed by atoms with E-state index in [4.69, 9.17) is 11.2 Å². The average Bonchev–Trinajstić information content (AvgIpc) is 2.75. The van der Waals surface area contributed by atoms with Crippen LogP contribution >= 0.6 is 0 Å². The maximum absolute atomic E-state index is 12.2. The third kappa shape index (κ3) is 5.81. The Kier molecular flexibility index (Phi) is 6.80. The number of benzene rings is 2. The third-order valence-corrected chi connectivity index (χ3v) is 4.21. The number of hydrogen-bond acceptors (Lipinski definition) is 4. The minimum atomic E-state index is -0.317. The van der Waals surface area contributed by atoms with Gasteiger partial charge in [0.1, 0.15) is 18.9 Å². The number of rotatable bonds is 8. The Morgan fingerprint density at radius 1 is 1.07 bits per heavy atom. The number of amides is 1. The topological polar surface area (TPSA) is 73.2 Å². The fourth-order valence-electron chi connectivity index (χ4n) is 2.74. The van der Waals surface area contributed by atoms with Crippen molar-refractivity contribution in [1.82, 2.24) is 15.1 Å². The summed E-state index contributed by atoms with van der Waals surface area (Å²) in [5.41, 5.74) is 2.27. The summed E-state index contributed by atoms with van der Waals surface area (Å²) in [6, 6.07) is 20.1. The van der Waals surface area contributed by atoms with Crippen LogP contribution in [0, 0.1) is 12.3 Å². The van der Waals surface area contributed by atoms with Crippen LogP contribution in [0.25, 0.3) is 11.3 Å². The monoisotopic (exact) mass is 387 g/mol. The Bertz CT molecular complexity index is 1050. The van der Waals surface area contributed by atoms with E-state index in [9.17, 15) is 9.59 Å². The Labute approximate surface area is 169 Å². The molecule has 0 saturated carbocycles. The van der Waals surface area contributed by atoms with Crippen LogP contribution in [0.4, 0.5) is 0 Å². The Morgan fingerprint density at radius 3 is 2.55 bits per heavy atom. The molecule has 0 aliphatic heterocycles. The first-order chi connectivity index (χ1) is 14.2. The zero-order chi connectivity index (χ0) is 20.5. The average molecular weight is 387 g/mol. The molecule has 0 fully saturated rings. The van der Waals surface area contributed by atoms with Crippen LogP contribution in [0.15, 0.2) is 71.5 Å². The molecule has 6 nitrogen and oxygen atoms in total. The number of carbonyl (C=O) groups excluding carboxylic acids is 1. The molecule has 0 unspecified atom stereocenters. The summed E-state index contributed by atoms with van der Waals surface area (Å²) in [4.78, 5) is 24.3. The zero-order valence-electron chi connectivity index (χ0n) is 15.9. The molecular formula is C23H21N3O3. The maximum Gasteiger partial charge on any atom is 0.267 e. The van der Waals surface area contributed by atoms with Gasteiger partial charge in [-0.2, -0.15) is 5.10 Å². The van der Waals surface area contributed by atoms with E-state index in [-0.39, 0.29) is 24.6 Å². The van der Waals surface area contributed by atoms with Gasteiger partial charge in [0.25, 0.3) is 5.56 Å². The summed E-state index contributed by atoms with van der Waals surface area (Å²) in [7, 11) is 0. The molecule has 1 aromatic heterocycles. The first kappa shape index (κ1) is 19.9. The second-order valence-corrected chi connectivity index (χ2v) is 6.32. The highest BCUT2D eigenvalue weighted by atomic mass is 16.5. The van der Waals surface area contributed by atoms with Crippen molar-refractivity contribution in [3.8, 4) is 29.4 Å². The summed E-state index contributed by atoms with van der Waals surface area (Å²) in [5, 5.41) is 7.12. The third-order valence-electron chi connectivity index (χ3n) is 4.21. The summed E-state index contributed by atoms with van der Waals surface area (Å²) in [6.45, 7) is 0.559. The second-order valence-electron chi connectivity index (χ2n) is 6.32. The van der Waals surface area contributed by atoms with Gasteiger partial charge in [-0.25, -0.2) is 4.68 Å². The van der Waals surface area contributed by atoms with Crippen LogP contribution < -0.4 is 15.6 Å². The molecule has 0 radical (unpaired) electrons. The molecule has 0 saturated heterocycles.